The highest BCUT2D eigenvalue weighted by molar-refractivity contribution is 5.86. The molecule has 0 bridgehead atoms. The lowest BCUT2D eigenvalue weighted by molar-refractivity contribution is -0.127. The predicted octanol–water partition coefficient (Wildman–Crippen LogP) is 2.01. The van der Waals surface area contributed by atoms with Crippen LogP contribution in [0.1, 0.15) is 38.3 Å². The van der Waals surface area contributed by atoms with Crippen LogP contribution in [0.5, 0.6) is 5.75 Å². The number of amides is 1. The maximum absolute atomic E-state index is 12.3. The van der Waals surface area contributed by atoms with Crippen molar-refractivity contribution in [1.29, 1.82) is 0 Å². The van der Waals surface area contributed by atoms with Crippen LogP contribution in [0.15, 0.2) is 24.3 Å². The molecule has 1 aliphatic heterocycles. The first-order chi connectivity index (χ1) is 9.05. The predicted molar refractivity (Wildman–Crippen MR) is 75.2 cm³/mol. The second-order valence-electron chi connectivity index (χ2n) is 5.33. The summed E-state index contributed by atoms with van der Waals surface area (Å²) in [4.78, 5) is 12.3. The molecule has 1 fully saturated rings. The van der Waals surface area contributed by atoms with Crippen molar-refractivity contribution in [2.24, 2.45) is 0 Å². The molecule has 4 nitrogen and oxygen atoms in total. The van der Waals surface area contributed by atoms with Crippen LogP contribution in [-0.2, 0) is 4.79 Å². The number of carbonyl (C=O) groups excluding carboxylic acids is 1. The minimum Gasteiger partial charge on any atom is -0.497 e. The van der Waals surface area contributed by atoms with Gasteiger partial charge < -0.3 is 15.4 Å². The van der Waals surface area contributed by atoms with Crippen LogP contribution in [0.3, 0.4) is 0 Å². The Morgan fingerprint density at radius 3 is 2.63 bits per heavy atom. The average molecular weight is 262 g/mol. The van der Waals surface area contributed by atoms with Crippen LogP contribution in [0.25, 0.3) is 0 Å². The molecule has 2 rings (SSSR count). The maximum Gasteiger partial charge on any atom is 0.240 e. The van der Waals surface area contributed by atoms with Crippen LogP contribution in [0.2, 0.25) is 0 Å². The van der Waals surface area contributed by atoms with Gasteiger partial charge in [-0.25, -0.2) is 0 Å². The van der Waals surface area contributed by atoms with E-state index >= 15 is 0 Å². The molecule has 2 atom stereocenters. The molecular formula is C15H22N2O2. The van der Waals surface area contributed by atoms with Crippen LogP contribution in [0.4, 0.5) is 0 Å². The number of nitrogens with one attached hydrogen (secondary N) is 2. The summed E-state index contributed by atoms with van der Waals surface area (Å²) in [5, 5.41) is 6.35. The fourth-order valence-electron chi connectivity index (χ4n) is 2.42. The number of methoxy groups -OCH3 is 1. The lowest BCUT2D eigenvalue weighted by Crippen LogP contribution is -2.51. The zero-order valence-electron chi connectivity index (χ0n) is 11.8. The van der Waals surface area contributed by atoms with Gasteiger partial charge in [0.05, 0.1) is 18.7 Å². The number of benzene rings is 1. The highest BCUT2D eigenvalue weighted by atomic mass is 16.5. The van der Waals surface area contributed by atoms with E-state index in [-0.39, 0.29) is 11.9 Å². The quantitative estimate of drug-likeness (QED) is 0.872. The third kappa shape index (κ3) is 3.07. The van der Waals surface area contributed by atoms with Crippen molar-refractivity contribution in [3.05, 3.63) is 29.8 Å². The van der Waals surface area contributed by atoms with E-state index in [1.165, 1.54) is 0 Å². The lowest BCUT2D eigenvalue weighted by Gasteiger charge is -2.26. The Morgan fingerprint density at radius 1 is 1.42 bits per heavy atom. The third-order valence-electron chi connectivity index (χ3n) is 3.83. The van der Waals surface area contributed by atoms with Gasteiger partial charge in [0, 0.05) is 0 Å². The van der Waals surface area contributed by atoms with E-state index in [0.29, 0.717) is 0 Å². The second-order valence-corrected chi connectivity index (χ2v) is 5.33. The number of hydrogen-bond acceptors (Lipinski definition) is 3. The average Bonchev–Trinajstić information content (AvgIpc) is 2.87. The van der Waals surface area contributed by atoms with Crippen molar-refractivity contribution < 1.29 is 9.53 Å². The first-order valence-electron chi connectivity index (χ1n) is 6.75. The van der Waals surface area contributed by atoms with Gasteiger partial charge in [0.1, 0.15) is 5.75 Å². The molecule has 1 heterocycles. The SMILES string of the molecule is COc1ccc(C(C)NC(=O)C2(C)CCCN2)cc1. The van der Waals surface area contributed by atoms with Crippen LogP contribution >= 0.6 is 0 Å². The van der Waals surface area contributed by atoms with Crippen LogP contribution in [-0.4, -0.2) is 25.1 Å². The van der Waals surface area contributed by atoms with Gasteiger partial charge in [-0.2, -0.15) is 0 Å². The van der Waals surface area contributed by atoms with Crippen LogP contribution in [0, 0.1) is 0 Å². The van der Waals surface area contributed by atoms with Crippen molar-refractivity contribution in [3.8, 4) is 5.75 Å². The molecular weight excluding hydrogens is 240 g/mol. The minimum absolute atomic E-state index is 0.00219. The van der Waals surface area contributed by atoms with Crippen molar-refractivity contribution in [1.82, 2.24) is 10.6 Å². The Hall–Kier alpha value is -1.55. The summed E-state index contributed by atoms with van der Waals surface area (Å²) in [5.74, 6) is 0.903. The van der Waals surface area contributed by atoms with Gasteiger partial charge in [-0.15, -0.1) is 0 Å². The largest absolute Gasteiger partial charge is 0.497 e. The first kappa shape index (κ1) is 13.9. The molecule has 2 unspecified atom stereocenters. The topological polar surface area (TPSA) is 50.4 Å². The second kappa shape index (κ2) is 5.61. The van der Waals surface area contributed by atoms with Gasteiger partial charge >= 0.3 is 0 Å². The van der Waals surface area contributed by atoms with E-state index in [0.717, 1.165) is 30.7 Å². The van der Waals surface area contributed by atoms with E-state index in [9.17, 15) is 4.79 Å². The zero-order chi connectivity index (χ0) is 13.9. The summed E-state index contributed by atoms with van der Waals surface area (Å²) in [6.07, 6.45) is 1.95. The molecule has 0 aromatic heterocycles. The van der Waals surface area contributed by atoms with Gasteiger partial charge in [-0.1, -0.05) is 12.1 Å². The molecule has 2 N–H and O–H groups in total. The normalized spacial score (nSPS) is 23.9. The first-order valence-corrected chi connectivity index (χ1v) is 6.75. The van der Waals surface area contributed by atoms with E-state index in [2.05, 4.69) is 10.6 Å². The Kier molecular flexibility index (Phi) is 4.10. The van der Waals surface area contributed by atoms with Gasteiger partial charge in [0.25, 0.3) is 0 Å². The Balaban J connectivity index is 1.99. The Labute approximate surface area is 114 Å². The highest BCUT2D eigenvalue weighted by Crippen LogP contribution is 2.22. The summed E-state index contributed by atoms with van der Waals surface area (Å²) < 4.78 is 5.13. The van der Waals surface area contributed by atoms with Crippen molar-refractivity contribution >= 4 is 5.91 Å². The van der Waals surface area contributed by atoms with Crippen molar-refractivity contribution in [2.75, 3.05) is 13.7 Å². The van der Waals surface area contributed by atoms with E-state index in [1.54, 1.807) is 7.11 Å². The smallest absolute Gasteiger partial charge is 0.240 e. The highest BCUT2D eigenvalue weighted by Gasteiger charge is 2.36. The Morgan fingerprint density at radius 2 is 2.11 bits per heavy atom. The van der Waals surface area contributed by atoms with Gasteiger partial charge in [0.15, 0.2) is 0 Å². The molecule has 0 spiro atoms. The summed E-state index contributed by atoms with van der Waals surface area (Å²) in [6, 6.07) is 7.78. The molecule has 0 aliphatic carbocycles. The number of rotatable bonds is 4. The lowest BCUT2D eigenvalue weighted by atomic mass is 9.98. The monoisotopic (exact) mass is 262 g/mol. The third-order valence-corrected chi connectivity index (χ3v) is 3.83. The van der Waals surface area contributed by atoms with Gasteiger partial charge in [-0.3, -0.25) is 4.79 Å². The van der Waals surface area contributed by atoms with Crippen molar-refractivity contribution in [3.63, 3.8) is 0 Å². The van der Waals surface area contributed by atoms with E-state index < -0.39 is 5.54 Å². The molecule has 1 aromatic rings. The van der Waals surface area contributed by atoms with Crippen molar-refractivity contribution in [2.45, 2.75) is 38.3 Å². The summed E-state index contributed by atoms with van der Waals surface area (Å²) in [5.41, 5.74) is 0.663. The molecule has 1 saturated heterocycles. The number of ether oxygens (including phenoxy) is 1. The molecule has 0 saturated carbocycles. The molecule has 4 heteroatoms. The zero-order valence-corrected chi connectivity index (χ0v) is 11.8. The molecule has 0 radical (unpaired) electrons. The summed E-state index contributed by atoms with van der Waals surface area (Å²) in [6.45, 7) is 4.88. The number of hydrogen-bond donors (Lipinski definition) is 2. The van der Waals surface area contributed by atoms with Gasteiger partial charge in [0.2, 0.25) is 5.91 Å². The molecule has 19 heavy (non-hydrogen) atoms. The van der Waals surface area contributed by atoms with Gasteiger partial charge in [-0.05, 0) is 50.9 Å². The molecule has 104 valence electrons. The molecule has 1 aliphatic rings. The van der Waals surface area contributed by atoms with E-state index in [1.807, 2.05) is 38.1 Å². The minimum atomic E-state index is -0.416. The molecule has 1 aromatic carbocycles. The van der Waals surface area contributed by atoms with Crippen LogP contribution < -0.4 is 15.4 Å². The fourth-order valence-corrected chi connectivity index (χ4v) is 2.42. The standard InChI is InChI=1S/C15H22N2O2/c1-11(12-5-7-13(19-3)8-6-12)17-14(18)15(2)9-4-10-16-15/h5-8,11,16H,4,9-10H2,1-3H3,(H,17,18). The maximum atomic E-state index is 12.3. The fraction of sp³-hybridized carbons (Fsp3) is 0.533. The number of carbonyl (C=O) groups is 1. The van der Waals surface area contributed by atoms with E-state index in [4.69, 9.17) is 4.74 Å². The molecule has 1 amide bonds. The summed E-state index contributed by atoms with van der Waals surface area (Å²) in [7, 11) is 1.65. The summed E-state index contributed by atoms with van der Waals surface area (Å²) >= 11 is 0. The Bertz CT molecular complexity index is 436.